The van der Waals surface area contributed by atoms with Crippen molar-refractivity contribution in [1.29, 1.82) is 0 Å². The van der Waals surface area contributed by atoms with Gasteiger partial charge in [-0.25, -0.2) is 0 Å². The molecule has 4 aromatic carbocycles. The van der Waals surface area contributed by atoms with Crippen molar-refractivity contribution in [3.05, 3.63) is 114 Å². The molecule has 0 heterocycles. The van der Waals surface area contributed by atoms with Gasteiger partial charge in [0.2, 0.25) is 0 Å². The third kappa shape index (κ3) is 5.95. The second-order valence-corrected chi connectivity index (χ2v) is 7.71. The van der Waals surface area contributed by atoms with Crippen LogP contribution in [0.2, 0.25) is 0 Å². The molecular formula is C29H27NO4. The molecule has 1 N–H and O–H groups in total. The lowest BCUT2D eigenvalue weighted by Gasteiger charge is -2.14. The molecule has 172 valence electrons. The maximum absolute atomic E-state index is 12.8. The molecule has 0 saturated carbocycles. The van der Waals surface area contributed by atoms with Crippen molar-refractivity contribution in [3.8, 4) is 23.0 Å². The zero-order valence-electron chi connectivity index (χ0n) is 19.3. The summed E-state index contributed by atoms with van der Waals surface area (Å²) in [4.78, 5) is 12.8. The largest absolute Gasteiger partial charge is 0.490 e. The first-order chi connectivity index (χ1) is 16.6. The molecule has 1 amide bonds. The number of hydrogen-bond acceptors (Lipinski definition) is 4. The van der Waals surface area contributed by atoms with Crippen LogP contribution in [0.25, 0.3) is 0 Å². The van der Waals surface area contributed by atoms with Gasteiger partial charge in [0.25, 0.3) is 5.91 Å². The average molecular weight is 454 g/mol. The van der Waals surface area contributed by atoms with E-state index in [1.54, 1.807) is 18.2 Å². The molecule has 0 saturated heterocycles. The summed E-state index contributed by atoms with van der Waals surface area (Å²) in [5, 5.41) is 2.92. The SMILES string of the molecule is CCOc1cc(C(=O)Nc2ccc(Oc3ccccc3C)cc2)ccc1OCc1ccccc1. The van der Waals surface area contributed by atoms with Gasteiger partial charge in [-0.15, -0.1) is 0 Å². The number of carbonyl (C=O) groups is 1. The van der Waals surface area contributed by atoms with Crippen LogP contribution in [-0.2, 0) is 6.61 Å². The van der Waals surface area contributed by atoms with Gasteiger partial charge in [0.05, 0.1) is 6.61 Å². The predicted octanol–water partition coefficient (Wildman–Crippen LogP) is 7.02. The van der Waals surface area contributed by atoms with Crippen LogP contribution in [0, 0.1) is 6.92 Å². The summed E-state index contributed by atoms with van der Waals surface area (Å²) in [6, 6.07) is 30.2. The Morgan fingerprint density at radius 3 is 2.24 bits per heavy atom. The molecule has 34 heavy (non-hydrogen) atoms. The van der Waals surface area contributed by atoms with Crippen LogP contribution in [0.4, 0.5) is 5.69 Å². The van der Waals surface area contributed by atoms with Crippen molar-refractivity contribution >= 4 is 11.6 Å². The number of aryl methyl sites for hydroxylation is 1. The zero-order valence-corrected chi connectivity index (χ0v) is 19.3. The van der Waals surface area contributed by atoms with Crippen LogP contribution in [0.1, 0.15) is 28.4 Å². The van der Waals surface area contributed by atoms with E-state index >= 15 is 0 Å². The lowest BCUT2D eigenvalue weighted by molar-refractivity contribution is 0.102. The molecule has 0 aliphatic rings. The highest BCUT2D eigenvalue weighted by molar-refractivity contribution is 6.04. The zero-order chi connectivity index (χ0) is 23.8. The second kappa shape index (κ2) is 11.1. The van der Waals surface area contributed by atoms with Crippen molar-refractivity contribution in [2.24, 2.45) is 0 Å². The van der Waals surface area contributed by atoms with Crippen LogP contribution in [-0.4, -0.2) is 12.5 Å². The molecule has 0 spiro atoms. The molecule has 0 fully saturated rings. The summed E-state index contributed by atoms with van der Waals surface area (Å²) in [7, 11) is 0. The summed E-state index contributed by atoms with van der Waals surface area (Å²) in [5.41, 5.74) is 3.27. The molecule has 4 rings (SSSR count). The molecule has 5 nitrogen and oxygen atoms in total. The fraction of sp³-hybridized carbons (Fsp3) is 0.138. The van der Waals surface area contributed by atoms with E-state index in [2.05, 4.69) is 5.32 Å². The highest BCUT2D eigenvalue weighted by atomic mass is 16.5. The van der Waals surface area contributed by atoms with E-state index in [4.69, 9.17) is 14.2 Å². The van der Waals surface area contributed by atoms with Crippen molar-refractivity contribution < 1.29 is 19.0 Å². The molecule has 0 atom stereocenters. The third-order valence-electron chi connectivity index (χ3n) is 5.18. The van der Waals surface area contributed by atoms with Gasteiger partial charge in [-0.1, -0.05) is 48.5 Å². The molecular weight excluding hydrogens is 426 g/mol. The average Bonchev–Trinajstić information content (AvgIpc) is 2.86. The Bertz CT molecular complexity index is 1240. The number of anilines is 1. The van der Waals surface area contributed by atoms with Gasteiger partial charge >= 0.3 is 0 Å². The smallest absolute Gasteiger partial charge is 0.255 e. The Morgan fingerprint density at radius 1 is 0.765 bits per heavy atom. The van der Waals surface area contributed by atoms with Crippen molar-refractivity contribution in [1.82, 2.24) is 0 Å². The van der Waals surface area contributed by atoms with E-state index in [-0.39, 0.29) is 5.91 Å². The standard InChI is InChI=1S/C29H27NO4/c1-3-32-28-19-23(13-18-27(28)33-20-22-10-5-4-6-11-22)29(31)30-24-14-16-25(17-15-24)34-26-12-8-7-9-21(26)2/h4-19H,3,20H2,1-2H3,(H,30,31). The van der Waals surface area contributed by atoms with Crippen LogP contribution >= 0.6 is 0 Å². The summed E-state index contributed by atoms with van der Waals surface area (Å²) >= 11 is 0. The summed E-state index contributed by atoms with van der Waals surface area (Å²) in [6.07, 6.45) is 0. The first kappa shape index (κ1) is 22.9. The highest BCUT2D eigenvalue weighted by Gasteiger charge is 2.13. The molecule has 0 aromatic heterocycles. The van der Waals surface area contributed by atoms with E-state index in [0.29, 0.717) is 41.7 Å². The minimum Gasteiger partial charge on any atom is -0.490 e. The van der Waals surface area contributed by atoms with Crippen LogP contribution in [0.3, 0.4) is 0 Å². The van der Waals surface area contributed by atoms with Gasteiger partial charge in [-0.2, -0.15) is 0 Å². The number of amides is 1. The summed E-state index contributed by atoms with van der Waals surface area (Å²) < 4.78 is 17.6. The van der Waals surface area contributed by atoms with Crippen LogP contribution in [0.15, 0.2) is 97.1 Å². The summed E-state index contributed by atoms with van der Waals surface area (Å²) in [5.74, 6) is 2.40. The number of benzene rings is 4. The van der Waals surface area contributed by atoms with E-state index in [9.17, 15) is 4.79 Å². The van der Waals surface area contributed by atoms with E-state index in [0.717, 1.165) is 16.9 Å². The number of para-hydroxylation sites is 1. The van der Waals surface area contributed by atoms with Gasteiger partial charge in [0.15, 0.2) is 11.5 Å². The number of rotatable bonds is 9. The maximum atomic E-state index is 12.8. The number of hydrogen-bond donors (Lipinski definition) is 1. The fourth-order valence-corrected chi connectivity index (χ4v) is 3.38. The van der Waals surface area contributed by atoms with Gasteiger partial charge < -0.3 is 19.5 Å². The first-order valence-corrected chi connectivity index (χ1v) is 11.2. The van der Waals surface area contributed by atoms with Crippen LogP contribution < -0.4 is 19.5 Å². The van der Waals surface area contributed by atoms with Gasteiger partial charge in [0.1, 0.15) is 18.1 Å². The monoisotopic (exact) mass is 453 g/mol. The van der Waals surface area contributed by atoms with Crippen molar-refractivity contribution in [2.45, 2.75) is 20.5 Å². The highest BCUT2D eigenvalue weighted by Crippen LogP contribution is 2.30. The quantitative estimate of drug-likeness (QED) is 0.296. The molecule has 0 aliphatic carbocycles. The van der Waals surface area contributed by atoms with E-state index in [1.165, 1.54) is 0 Å². The van der Waals surface area contributed by atoms with Gasteiger partial charge in [0, 0.05) is 11.3 Å². The Morgan fingerprint density at radius 2 is 1.50 bits per heavy atom. The minimum absolute atomic E-state index is 0.233. The van der Waals surface area contributed by atoms with Crippen LogP contribution in [0.5, 0.6) is 23.0 Å². The molecule has 4 aromatic rings. The topological polar surface area (TPSA) is 56.8 Å². The molecule has 0 unspecified atom stereocenters. The number of carbonyl (C=O) groups excluding carboxylic acids is 1. The molecule has 0 aliphatic heterocycles. The van der Waals surface area contributed by atoms with E-state index < -0.39 is 0 Å². The Kier molecular flexibility index (Phi) is 7.45. The minimum atomic E-state index is -0.233. The molecule has 0 bridgehead atoms. The van der Waals surface area contributed by atoms with Gasteiger partial charge in [-0.3, -0.25) is 4.79 Å². The third-order valence-corrected chi connectivity index (χ3v) is 5.18. The Hall–Kier alpha value is -4.25. The van der Waals surface area contributed by atoms with Crippen molar-refractivity contribution in [2.75, 3.05) is 11.9 Å². The first-order valence-electron chi connectivity index (χ1n) is 11.2. The lowest BCUT2D eigenvalue weighted by atomic mass is 10.1. The maximum Gasteiger partial charge on any atom is 0.255 e. The second-order valence-electron chi connectivity index (χ2n) is 7.71. The Balaban J connectivity index is 1.41. The predicted molar refractivity (Wildman–Crippen MR) is 134 cm³/mol. The molecule has 0 radical (unpaired) electrons. The van der Waals surface area contributed by atoms with Crippen molar-refractivity contribution in [3.63, 3.8) is 0 Å². The fourth-order valence-electron chi connectivity index (χ4n) is 3.38. The number of ether oxygens (including phenoxy) is 3. The number of nitrogens with one attached hydrogen (secondary N) is 1. The Labute approximate surface area is 199 Å². The summed E-state index contributed by atoms with van der Waals surface area (Å²) in [6.45, 7) is 4.78. The molecule has 5 heteroatoms. The van der Waals surface area contributed by atoms with E-state index in [1.807, 2.05) is 92.7 Å². The van der Waals surface area contributed by atoms with Gasteiger partial charge in [-0.05, 0) is 73.5 Å². The lowest BCUT2D eigenvalue weighted by Crippen LogP contribution is -2.12. The normalized spacial score (nSPS) is 10.4.